The quantitative estimate of drug-likeness (QED) is 0.760. The molecule has 2 atom stereocenters. The van der Waals surface area contributed by atoms with E-state index in [0.29, 0.717) is 5.92 Å². The van der Waals surface area contributed by atoms with Crippen LogP contribution in [0.2, 0.25) is 0 Å². The van der Waals surface area contributed by atoms with Crippen LogP contribution in [0.3, 0.4) is 0 Å². The van der Waals surface area contributed by atoms with E-state index in [1.54, 1.807) is 7.05 Å². The molecule has 0 aromatic rings. The molecule has 0 radical (unpaired) electrons. The maximum Gasteiger partial charge on any atom is 0.174 e. The summed E-state index contributed by atoms with van der Waals surface area (Å²) in [4.78, 5) is 13.7. The maximum atomic E-state index is 4.71. The van der Waals surface area contributed by atoms with Crippen LogP contribution in [0, 0.1) is 5.92 Å². The van der Waals surface area contributed by atoms with E-state index in [0.717, 1.165) is 24.4 Å². The van der Waals surface area contributed by atoms with Gasteiger partial charge in [-0.25, -0.2) is 9.98 Å². The van der Waals surface area contributed by atoms with Gasteiger partial charge in [-0.1, -0.05) is 13.0 Å². The Morgan fingerprint density at radius 3 is 3.06 bits per heavy atom. The Bertz CT molecular complexity index is 418. The van der Waals surface area contributed by atoms with E-state index in [4.69, 9.17) is 9.98 Å². The van der Waals surface area contributed by atoms with Gasteiger partial charge in [0.1, 0.15) is 11.9 Å². The molecule has 4 heteroatoms. The zero-order valence-corrected chi connectivity index (χ0v) is 11.5. The summed E-state index contributed by atoms with van der Waals surface area (Å²) in [6.07, 6.45) is 8.82. The third-order valence-electron chi connectivity index (χ3n) is 3.55. The normalized spacial score (nSPS) is 28.3. The van der Waals surface area contributed by atoms with Gasteiger partial charge >= 0.3 is 0 Å². The highest BCUT2D eigenvalue weighted by Gasteiger charge is 2.33. The average molecular weight is 246 g/mol. The minimum absolute atomic E-state index is 0.168. The second-order valence-electron chi connectivity index (χ2n) is 4.71. The van der Waals surface area contributed by atoms with Gasteiger partial charge in [-0.15, -0.1) is 0 Å². The van der Waals surface area contributed by atoms with Crippen molar-refractivity contribution < 1.29 is 0 Å². The van der Waals surface area contributed by atoms with Crippen molar-refractivity contribution in [2.24, 2.45) is 20.9 Å². The molecule has 0 amide bonds. The fourth-order valence-electron chi connectivity index (χ4n) is 2.59. The standard InChI is InChI=1S/C14H22N4/c1-4-5-8-12(15-2)14-17-11-9-6-7-10(11)13(16-3)18-14/h5,8,10,13,16H,4,6-7,9H2,1-3H3/b8-5-,15-12?/t10-,13?/m0/s1. The van der Waals surface area contributed by atoms with Gasteiger partial charge in [-0.3, -0.25) is 10.3 Å². The summed E-state index contributed by atoms with van der Waals surface area (Å²) in [5, 5.41) is 3.29. The zero-order chi connectivity index (χ0) is 13.0. The number of hydrogen-bond donors (Lipinski definition) is 1. The van der Waals surface area contributed by atoms with E-state index in [9.17, 15) is 0 Å². The Hall–Kier alpha value is -1.29. The lowest BCUT2D eigenvalue weighted by Crippen LogP contribution is -2.39. The first-order valence-corrected chi connectivity index (χ1v) is 6.76. The van der Waals surface area contributed by atoms with E-state index in [2.05, 4.69) is 23.3 Å². The predicted molar refractivity (Wildman–Crippen MR) is 77.8 cm³/mol. The number of rotatable bonds is 4. The lowest BCUT2D eigenvalue weighted by Gasteiger charge is -2.24. The molecular weight excluding hydrogens is 224 g/mol. The molecular formula is C14H22N4. The molecule has 1 heterocycles. The molecule has 4 nitrogen and oxygen atoms in total. The second kappa shape index (κ2) is 6.05. The summed E-state index contributed by atoms with van der Waals surface area (Å²) < 4.78 is 0. The van der Waals surface area contributed by atoms with Crippen molar-refractivity contribution in [1.29, 1.82) is 0 Å². The van der Waals surface area contributed by atoms with Crippen LogP contribution in [-0.4, -0.2) is 37.5 Å². The largest absolute Gasteiger partial charge is 0.298 e. The molecule has 0 aromatic carbocycles. The highest BCUT2D eigenvalue weighted by molar-refractivity contribution is 6.47. The Morgan fingerprint density at radius 1 is 1.56 bits per heavy atom. The molecule has 0 spiro atoms. The third kappa shape index (κ3) is 2.58. The number of amidine groups is 1. The molecule has 1 N–H and O–H groups in total. The summed E-state index contributed by atoms with van der Waals surface area (Å²) >= 11 is 0. The molecule has 98 valence electrons. The third-order valence-corrected chi connectivity index (χ3v) is 3.55. The molecule has 2 aliphatic rings. The number of allylic oxidation sites excluding steroid dienone is 1. The summed E-state index contributed by atoms with van der Waals surface area (Å²) in [6.45, 7) is 2.11. The van der Waals surface area contributed by atoms with Gasteiger partial charge in [-0.2, -0.15) is 0 Å². The van der Waals surface area contributed by atoms with Crippen molar-refractivity contribution >= 4 is 17.3 Å². The van der Waals surface area contributed by atoms with Gasteiger partial charge in [0.25, 0.3) is 0 Å². The molecule has 0 aromatic heterocycles. The summed E-state index contributed by atoms with van der Waals surface area (Å²) in [5.74, 6) is 1.28. The Balaban J connectivity index is 2.27. The molecule has 1 unspecified atom stereocenters. The van der Waals surface area contributed by atoms with Crippen molar-refractivity contribution in [2.45, 2.75) is 38.8 Å². The van der Waals surface area contributed by atoms with Crippen molar-refractivity contribution in [3.63, 3.8) is 0 Å². The summed E-state index contributed by atoms with van der Waals surface area (Å²) in [6, 6.07) is 0. The summed E-state index contributed by atoms with van der Waals surface area (Å²) in [5.41, 5.74) is 2.18. The van der Waals surface area contributed by atoms with Crippen LogP contribution < -0.4 is 5.32 Å². The fourth-order valence-corrected chi connectivity index (χ4v) is 2.59. The number of hydrogen-bond acceptors (Lipinski definition) is 4. The Morgan fingerprint density at radius 2 is 2.39 bits per heavy atom. The monoisotopic (exact) mass is 246 g/mol. The number of nitrogens with zero attached hydrogens (tertiary/aromatic N) is 3. The van der Waals surface area contributed by atoms with Crippen molar-refractivity contribution in [3.8, 4) is 0 Å². The highest BCUT2D eigenvalue weighted by atomic mass is 15.1. The lowest BCUT2D eigenvalue weighted by atomic mass is 10.0. The molecule has 1 aliphatic heterocycles. The van der Waals surface area contributed by atoms with E-state index in [-0.39, 0.29) is 6.17 Å². The summed E-state index contributed by atoms with van der Waals surface area (Å²) in [7, 11) is 3.77. The van der Waals surface area contributed by atoms with Crippen LogP contribution in [0.1, 0.15) is 32.6 Å². The number of aliphatic imine (C=N–C) groups is 3. The van der Waals surface area contributed by atoms with E-state index in [1.807, 2.05) is 13.1 Å². The number of nitrogens with one attached hydrogen (secondary N) is 1. The molecule has 0 saturated heterocycles. The van der Waals surface area contributed by atoms with E-state index < -0.39 is 0 Å². The van der Waals surface area contributed by atoms with Crippen LogP contribution in [0.5, 0.6) is 0 Å². The SMILES string of the molecule is CC/C=C\C(=NC)C1=NC(NC)[C@H]2CCCC2=N1. The highest BCUT2D eigenvalue weighted by Crippen LogP contribution is 2.29. The molecule has 1 fully saturated rings. The van der Waals surface area contributed by atoms with Gasteiger partial charge in [0.15, 0.2) is 5.84 Å². The first-order valence-electron chi connectivity index (χ1n) is 6.76. The topological polar surface area (TPSA) is 49.1 Å². The fraction of sp³-hybridized carbons (Fsp3) is 0.643. The van der Waals surface area contributed by atoms with Crippen molar-refractivity contribution in [3.05, 3.63) is 12.2 Å². The Kier molecular flexibility index (Phi) is 4.42. The van der Waals surface area contributed by atoms with Crippen molar-refractivity contribution in [2.75, 3.05) is 14.1 Å². The minimum atomic E-state index is 0.168. The number of fused-ring (bicyclic) bond motifs is 1. The van der Waals surface area contributed by atoms with Crippen LogP contribution >= 0.6 is 0 Å². The first kappa shape index (κ1) is 13.1. The maximum absolute atomic E-state index is 4.71. The molecule has 1 saturated carbocycles. The molecule has 18 heavy (non-hydrogen) atoms. The molecule has 0 bridgehead atoms. The second-order valence-corrected chi connectivity index (χ2v) is 4.71. The lowest BCUT2D eigenvalue weighted by molar-refractivity contribution is 0.464. The predicted octanol–water partition coefficient (Wildman–Crippen LogP) is 2.22. The van der Waals surface area contributed by atoms with Crippen LogP contribution in [0.15, 0.2) is 27.1 Å². The van der Waals surface area contributed by atoms with Gasteiger partial charge in [0.05, 0.1) is 0 Å². The first-order chi connectivity index (χ1) is 8.80. The molecule has 2 rings (SSSR count). The van der Waals surface area contributed by atoms with Gasteiger partial charge < -0.3 is 0 Å². The Labute approximate surface area is 109 Å². The van der Waals surface area contributed by atoms with Crippen LogP contribution in [0.4, 0.5) is 0 Å². The van der Waals surface area contributed by atoms with Gasteiger partial charge in [0, 0.05) is 18.7 Å². The smallest absolute Gasteiger partial charge is 0.174 e. The van der Waals surface area contributed by atoms with Crippen molar-refractivity contribution in [1.82, 2.24) is 5.32 Å². The van der Waals surface area contributed by atoms with Crippen LogP contribution in [0.25, 0.3) is 0 Å². The average Bonchev–Trinajstić information content (AvgIpc) is 2.87. The minimum Gasteiger partial charge on any atom is -0.298 e. The molecule has 1 aliphatic carbocycles. The van der Waals surface area contributed by atoms with E-state index in [1.165, 1.54) is 18.6 Å². The van der Waals surface area contributed by atoms with E-state index >= 15 is 0 Å². The van der Waals surface area contributed by atoms with Gasteiger partial charge in [-0.05, 0) is 38.8 Å². The zero-order valence-electron chi connectivity index (χ0n) is 11.5. The van der Waals surface area contributed by atoms with Gasteiger partial charge in [0.2, 0.25) is 0 Å². The van der Waals surface area contributed by atoms with Crippen LogP contribution in [-0.2, 0) is 0 Å².